The highest BCUT2D eigenvalue weighted by atomic mass is 32.1. The van der Waals surface area contributed by atoms with Crippen LogP contribution in [0.2, 0.25) is 0 Å². The molecular formula is C13H14N2O2S. The van der Waals surface area contributed by atoms with Crippen molar-refractivity contribution >= 4 is 17.2 Å². The minimum absolute atomic E-state index is 0.0839. The van der Waals surface area contributed by atoms with Gasteiger partial charge in [-0.15, -0.1) is 11.3 Å². The molecule has 5 heteroatoms. The lowest BCUT2D eigenvalue weighted by Crippen LogP contribution is -2.38. The van der Waals surface area contributed by atoms with Crippen LogP contribution in [0.4, 0.5) is 0 Å². The highest BCUT2D eigenvalue weighted by Crippen LogP contribution is 2.07. The fourth-order valence-electron chi connectivity index (χ4n) is 1.64. The number of thiazole rings is 1. The molecule has 1 heterocycles. The Morgan fingerprint density at radius 3 is 2.78 bits per heavy atom. The molecule has 0 saturated heterocycles. The summed E-state index contributed by atoms with van der Waals surface area (Å²) >= 11 is 1.29. The Morgan fingerprint density at radius 1 is 1.39 bits per heavy atom. The molecule has 1 aromatic carbocycles. The molecule has 1 amide bonds. The molecule has 0 fully saturated rings. The van der Waals surface area contributed by atoms with Crippen molar-refractivity contribution in [3.05, 3.63) is 52.5 Å². The van der Waals surface area contributed by atoms with Gasteiger partial charge in [0.05, 0.1) is 24.4 Å². The molecule has 1 atom stereocenters. The SMILES string of the molecule is O=C(NC(CO)Cc1ccccc1)c1cncs1. The lowest BCUT2D eigenvalue weighted by molar-refractivity contribution is 0.0920. The molecule has 1 unspecified atom stereocenters. The van der Waals surface area contributed by atoms with Crippen molar-refractivity contribution in [3.8, 4) is 0 Å². The van der Waals surface area contributed by atoms with Crippen LogP contribution in [0.3, 0.4) is 0 Å². The van der Waals surface area contributed by atoms with E-state index in [0.29, 0.717) is 11.3 Å². The Hall–Kier alpha value is -1.72. The second-order valence-electron chi connectivity index (χ2n) is 3.91. The second kappa shape index (κ2) is 6.28. The van der Waals surface area contributed by atoms with E-state index >= 15 is 0 Å². The normalized spacial score (nSPS) is 12.1. The third-order valence-electron chi connectivity index (χ3n) is 2.54. The van der Waals surface area contributed by atoms with Crippen molar-refractivity contribution in [1.82, 2.24) is 10.3 Å². The number of aliphatic hydroxyl groups is 1. The van der Waals surface area contributed by atoms with Crippen LogP contribution < -0.4 is 5.32 Å². The van der Waals surface area contributed by atoms with E-state index in [2.05, 4.69) is 10.3 Å². The van der Waals surface area contributed by atoms with Crippen LogP contribution in [-0.2, 0) is 6.42 Å². The number of hydrogen-bond donors (Lipinski definition) is 2. The van der Waals surface area contributed by atoms with Crippen molar-refractivity contribution in [3.63, 3.8) is 0 Å². The Morgan fingerprint density at radius 2 is 2.17 bits per heavy atom. The molecule has 0 saturated carbocycles. The Balaban J connectivity index is 1.96. The summed E-state index contributed by atoms with van der Waals surface area (Å²) in [5.41, 5.74) is 2.70. The van der Waals surface area contributed by atoms with Crippen molar-refractivity contribution in [2.45, 2.75) is 12.5 Å². The number of hydrogen-bond acceptors (Lipinski definition) is 4. The first-order chi connectivity index (χ1) is 8.79. The van der Waals surface area contributed by atoms with Crippen LogP contribution >= 0.6 is 11.3 Å². The molecule has 18 heavy (non-hydrogen) atoms. The van der Waals surface area contributed by atoms with Crippen LogP contribution in [0.25, 0.3) is 0 Å². The molecule has 0 spiro atoms. The van der Waals surface area contributed by atoms with E-state index in [1.807, 2.05) is 30.3 Å². The van der Waals surface area contributed by atoms with Gasteiger partial charge in [0.1, 0.15) is 4.88 Å². The van der Waals surface area contributed by atoms with Gasteiger partial charge in [-0.2, -0.15) is 0 Å². The molecule has 0 radical (unpaired) electrons. The van der Waals surface area contributed by atoms with Crippen LogP contribution in [0.5, 0.6) is 0 Å². The number of aliphatic hydroxyl groups excluding tert-OH is 1. The summed E-state index contributed by atoms with van der Waals surface area (Å²) in [5.74, 6) is -0.188. The summed E-state index contributed by atoms with van der Waals surface area (Å²) < 4.78 is 0. The molecule has 2 rings (SSSR count). The fourth-order valence-corrected chi connectivity index (χ4v) is 2.17. The molecule has 94 valence electrons. The largest absolute Gasteiger partial charge is 0.394 e. The van der Waals surface area contributed by atoms with Gasteiger partial charge in [0.25, 0.3) is 5.91 Å². The zero-order valence-corrected chi connectivity index (χ0v) is 10.6. The van der Waals surface area contributed by atoms with Gasteiger partial charge in [0.15, 0.2) is 0 Å². The second-order valence-corrected chi connectivity index (χ2v) is 4.79. The van der Waals surface area contributed by atoms with Gasteiger partial charge < -0.3 is 10.4 Å². The molecule has 4 nitrogen and oxygen atoms in total. The molecule has 1 aromatic heterocycles. The van der Waals surface area contributed by atoms with Crippen LogP contribution in [-0.4, -0.2) is 28.6 Å². The topological polar surface area (TPSA) is 62.2 Å². The first-order valence-electron chi connectivity index (χ1n) is 5.63. The first-order valence-corrected chi connectivity index (χ1v) is 6.51. The number of nitrogens with zero attached hydrogens (tertiary/aromatic N) is 1. The standard InChI is InChI=1S/C13H14N2O2S/c16-8-11(6-10-4-2-1-3-5-10)15-13(17)12-7-14-9-18-12/h1-5,7,9,11,16H,6,8H2,(H,15,17). The smallest absolute Gasteiger partial charge is 0.263 e. The third-order valence-corrected chi connectivity index (χ3v) is 3.31. The Kier molecular flexibility index (Phi) is 4.44. The summed E-state index contributed by atoms with van der Waals surface area (Å²) in [4.78, 5) is 16.2. The summed E-state index contributed by atoms with van der Waals surface area (Å²) in [6.07, 6.45) is 2.14. The lowest BCUT2D eigenvalue weighted by atomic mass is 10.1. The molecule has 0 aliphatic carbocycles. The van der Waals surface area contributed by atoms with Crippen molar-refractivity contribution in [1.29, 1.82) is 0 Å². The van der Waals surface area contributed by atoms with Gasteiger partial charge in [0, 0.05) is 0 Å². The monoisotopic (exact) mass is 262 g/mol. The van der Waals surface area contributed by atoms with E-state index < -0.39 is 0 Å². The average Bonchev–Trinajstić information content (AvgIpc) is 2.93. The number of benzene rings is 1. The number of amides is 1. The number of carbonyl (C=O) groups is 1. The Bertz CT molecular complexity index is 485. The highest BCUT2D eigenvalue weighted by molar-refractivity contribution is 7.11. The van der Waals surface area contributed by atoms with Crippen LogP contribution in [0.15, 0.2) is 42.0 Å². The first kappa shape index (κ1) is 12.7. The van der Waals surface area contributed by atoms with E-state index in [0.717, 1.165) is 5.56 Å². The molecule has 0 aliphatic rings. The van der Waals surface area contributed by atoms with Crippen molar-refractivity contribution in [2.75, 3.05) is 6.61 Å². The van der Waals surface area contributed by atoms with E-state index in [1.165, 1.54) is 17.5 Å². The molecule has 0 aliphatic heterocycles. The average molecular weight is 262 g/mol. The molecule has 2 N–H and O–H groups in total. The lowest BCUT2D eigenvalue weighted by Gasteiger charge is -2.15. The van der Waals surface area contributed by atoms with Crippen molar-refractivity contribution in [2.24, 2.45) is 0 Å². The number of rotatable bonds is 5. The van der Waals surface area contributed by atoms with Gasteiger partial charge in [-0.25, -0.2) is 0 Å². The Labute approximate surface area is 109 Å². The number of aromatic nitrogens is 1. The quantitative estimate of drug-likeness (QED) is 0.858. The summed E-state index contributed by atoms with van der Waals surface area (Å²) in [6.45, 7) is -0.0839. The molecule has 2 aromatic rings. The summed E-state index contributed by atoms with van der Waals surface area (Å²) in [6, 6.07) is 9.49. The van der Waals surface area contributed by atoms with Gasteiger partial charge in [-0.3, -0.25) is 9.78 Å². The summed E-state index contributed by atoms with van der Waals surface area (Å²) in [5, 5.41) is 12.1. The molecular weight excluding hydrogens is 248 g/mol. The van der Waals surface area contributed by atoms with Gasteiger partial charge in [0.2, 0.25) is 0 Å². The number of nitrogens with one attached hydrogen (secondary N) is 1. The maximum Gasteiger partial charge on any atom is 0.263 e. The van der Waals surface area contributed by atoms with Gasteiger partial charge >= 0.3 is 0 Å². The predicted molar refractivity (Wildman–Crippen MR) is 70.6 cm³/mol. The van der Waals surface area contributed by atoms with Crippen molar-refractivity contribution < 1.29 is 9.90 Å². The maximum atomic E-state index is 11.8. The number of carbonyl (C=O) groups excluding carboxylic acids is 1. The van der Waals surface area contributed by atoms with Gasteiger partial charge in [-0.1, -0.05) is 30.3 Å². The van der Waals surface area contributed by atoms with Gasteiger partial charge in [-0.05, 0) is 12.0 Å². The van der Waals surface area contributed by atoms with Crippen LogP contribution in [0, 0.1) is 0 Å². The van der Waals surface area contributed by atoms with E-state index in [1.54, 1.807) is 5.51 Å². The van der Waals surface area contributed by atoms with E-state index in [-0.39, 0.29) is 18.6 Å². The minimum atomic E-state index is -0.276. The zero-order valence-electron chi connectivity index (χ0n) is 9.74. The predicted octanol–water partition coefficient (Wildman–Crippen LogP) is 1.48. The third kappa shape index (κ3) is 3.38. The van der Waals surface area contributed by atoms with E-state index in [4.69, 9.17) is 0 Å². The highest BCUT2D eigenvalue weighted by Gasteiger charge is 2.14. The maximum absolute atomic E-state index is 11.8. The zero-order chi connectivity index (χ0) is 12.8. The summed E-state index contributed by atoms with van der Waals surface area (Å²) in [7, 11) is 0. The van der Waals surface area contributed by atoms with E-state index in [9.17, 15) is 9.90 Å². The van der Waals surface area contributed by atoms with Crippen LogP contribution in [0.1, 0.15) is 15.2 Å². The minimum Gasteiger partial charge on any atom is -0.394 e. The fraction of sp³-hybridized carbons (Fsp3) is 0.231. The molecule has 0 bridgehead atoms.